The highest BCUT2D eigenvalue weighted by molar-refractivity contribution is 6.67. The lowest BCUT2D eigenvalue weighted by molar-refractivity contribution is -0.159. The van der Waals surface area contributed by atoms with Crippen molar-refractivity contribution in [2.45, 2.75) is 47.4 Å². The number of hydrogen-bond donors (Lipinski definition) is 0. The van der Waals surface area contributed by atoms with E-state index in [0.717, 1.165) is 0 Å². The van der Waals surface area contributed by atoms with Crippen LogP contribution in [0.25, 0.3) is 0 Å². The molecule has 0 radical (unpaired) electrons. The Bertz CT molecular complexity index is 455. The van der Waals surface area contributed by atoms with Crippen LogP contribution >= 0.6 is 58.0 Å². The van der Waals surface area contributed by atoms with E-state index in [0.29, 0.717) is 6.42 Å². The number of carbonyl (C=O) groups excluding carboxylic acids is 2. The molecule has 2 amide bonds. The number of nitrogens with zero attached hydrogens (tertiary/aromatic N) is 2. The third-order valence-corrected chi connectivity index (χ3v) is 6.34. The molecule has 0 spiro atoms. The molecular weight excluding hydrogens is 405 g/mol. The van der Waals surface area contributed by atoms with E-state index in [4.69, 9.17) is 58.0 Å². The Morgan fingerprint density at radius 3 is 1.70 bits per heavy atom. The van der Waals surface area contributed by atoms with Crippen LogP contribution in [0, 0.1) is 11.8 Å². The number of alkyl halides is 5. The van der Waals surface area contributed by atoms with E-state index in [2.05, 4.69) is 0 Å². The maximum Gasteiger partial charge on any atom is 0.245 e. The topological polar surface area (TPSA) is 40.6 Å². The number of piperazine rings is 1. The molecule has 0 N–H and O–H groups in total. The van der Waals surface area contributed by atoms with Gasteiger partial charge < -0.3 is 9.80 Å². The van der Waals surface area contributed by atoms with Crippen molar-refractivity contribution in [3.63, 3.8) is 0 Å². The first-order valence-electron chi connectivity index (χ1n) is 7.26. The van der Waals surface area contributed by atoms with Gasteiger partial charge in [-0.05, 0) is 18.8 Å². The van der Waals surface area contributed by atoms with Crippen LogP contribution in [-0.2, 0) is 9.59 Å². The van der Waals surface area contributed by atoms with Gasteiger partial charge in [-0.3, -0.25) is 9.59 Å². The van der Waals surface area contributed by atoms with Gasteiger partial charge in [0.1, 0.15) is 16.9 Å². The number of amides is 2. The van der Waals surface area contributed by atoms with Crippen molar-refractivity contribution in [3.05, 3.63) is 0 Å². The van der Waals surface area contributed by atoms with Crippen molar-refractivity contribution < 1.29 is 9.59 Å². The average Bonchev–Trinajstić information content (AvgIpc) is 2.44. The number of likely N-dealkylation sites (N-methyl/N-ethyl adjacent to an activating group) is 2. The van der Waals surface area contributed by atoms with Crippen molar-refractivity contribution in [1.82, 2.24) is 9.80 Å². The molecule has 1 saturated heterocycles. The van der Waals surface area contributed by atoms with Crippen LogP contribution in [0.15, 0.2) is 0 Å². The van der Waals surface area contributed by atoms with E-state index in [1.165, 1.54) is 9.80 Å². The molecule has 1 aliphatic heterocycles. The highest BCUT2D eigenvalue weighted by Gasteiger charge is 2.45. The molecule has 0 unspecified atom stereocenters. The lowest BCUT2D eigenvalue weighted by atomic mass is 9.93. The van der Waals surface area contributed by atoms with Crippen LogP contribution in [-0.4, -0.2) is 56.4 Å². The van der Waals surface area contributed by atoms with Gasteiger partial charge in [-0.2, -0.15) is 0 Å². The summed E-state index contributed by atoms with van der Waals surface area (Å²) in [5.74, 6) is -0.830. The smallest absolute Gasteiger partial charge is 0.245 e. The molecule has 0 aromatic rings. The van der Waals surface area contributed by atoms with E-state index in [-0.39, 0.29) is 30.1 Å². The van der Waals surface area contributed by atoms with Crippen molar-refractivity contribution in [1.29, 1.82) is 0 Å². The first kappa shape index (κ1) is 21.4. The minimum absolute atomic E-state index is 0.118. The first-order valence-corrected chi connectivity index (χ1v) is 9.26. The van der Waals surface area contributed by atoms with Gasteiger partial charge in [0.25, 0.3) is 0 Å². The molecule has 1 heterocycles. The van der Waals surface area contributed by atoms with Crippen LogP contribution in [0.4, 0.5) is 0 Å². The Hall–Kier alpha value is 0.390. The zero-order valence-corrected chi connectivity index (χ0v) is 17.2. The van der Waals surface area contributed by atoms with Gasteiger partial charge in [0.15, 0.2) is 3.79 Å². The van der Waals surface area contributed by atoms with Gasteiger partial charge >= 0.3 is 0 Å². The number of hydrogen-bond acceptors (Lipinski definition) is 2. The Kier molecular flexibility index (Phi) is 7.62. The molecular formula is C14H21Cl5N2O2. The third kappa shape index (κ3) is 5.18. The second-order valence-electron chi connectivity index (χ2n) is 6.16. The van der Waals surface area contributed by atoms with Crippen molar-refractivity contribution in [2.24, 2.45) is 11.8 Å². The second kappa shape index (κ2) is 8.18. The SMILES string of the molecule is C[C@@H](C[C@H]1C(=O)N(C)[C@@H](C[C@H](C)C(Cl)(Cl)Cl)C(=O)N1C)C(Cl)Cl. The van der Waals surface area contributed by atoms with Gasteiger partial charge in [-0.1, -0.05) is 48.7 Å². The summed E-state index contributed by atoms with van der Waals surface area (Å²) >= 11 is 29.3. The van der Waals surface area contributed by atoms with Gasteiger partial charge in [0.2, 0.25) is 11.8 Å². The normalized spacial score (nSPS) is 26.0. The molecule has 4 atom stereocenters. The zero-order valence-electron chi connectivity index (χ0n) is 13.4. The summed E-state index contributed by atoms with van der Waals surface area (Å²) in [7, 11) is 3.20. The molecule has 1 fully saturated rings. The van der Waals surface area contributed by atoms with E-state index >= 15 is 0 Å². The quantitative estimate of drug-likeness (QED) is 0.626. The highest BCUT2D eigenvalue weighted by atomic mass is 35.6. The summed E-state index contributed by atoms with van der Waals surface area (Å²) < 4.78 is -1.49. The summed E-state index contributed by atoms with van der Waals surface area (Å²) in [6.45, 7) is 3.58. The van der Waals surface area contributed by atoms with E-state index < -0.39 is 20.7 Å². The van der Waals surface area contributed by atoms with Crippen LogP contribution in [0.1, 0.15) is 26.7 Å². The predicted molar refractivity (Wildman–Crippen MR) is 96.5 cm³/mol. The third-order valence-electron chi connectivity index (χ3n) is 4.36. The summed E-state index contributed by atoms with van der Waals surface area (Å²) in [5.41, 5.74) is 0. The molecule has 0 saturated carbocycles. The van der Waals surface area contributed by atoms with Gasteiger partial charge in [-0.25, -0.2) is 0 Å². The summed E-state index contributed by atoms with van der Waals surface area (Å²) in [6.07, 6.45) is 0.674. The Morgan fingerprint density at radius 2 is 1.35 bits per heavy atom. The Balaban J connectivity index is 2.91. The fourth-order valence-electron chi connectivity index (χ4n) is 2.55. The van der Waals surface area contributed by atoms with E-state index in [1.54, 1.807) is 21.0 Å². The number of rotatable bonds is 5. The molecule has 0 aliphatic carbocycles. The summed E-state index contributed by atoms with van der Waals surface area (Å²) in [6, 6.07) is -1.23. The van der Waals surface area contributed by atoms with Crippen LogP contribution in [0.3, 0.4) is 0 Å². The molecule has 134 valence electrons. The highest BCUT2D eigenvalue weighted by Crippen LogP contribution is 2.38. The van der Waals surface area contributed by atoms with E-state index in [9.17, 15) is 9.59 Å². The maximum absolute atomic E-state index is 12.6. The molecule has 9 heteroatoms. The molecule has 23 heavy (non-hydrogen) atoms. The molecule has 0 aromatic carbocycles. The maximum atomic E-state index is 12.6. The van der Waals surface area contributed by atoms with Crippen LogP contribution in [0.5, 0.6) is 0 Å². The van der Waals surface area contributed by atoms with Gasteiger partial charge in [0, 0.05) is 20.0 Å². The van der Waals surface area contributed by atoms with E-state index in [1.807, 2.05) is 6.92 Å². The lowest BCUT2D eigenvalue weighted by Gasteiger charge is -2.43. The summed E-state index contributed by atoms with van der Waals surface area (Å²) in [5, 5.41) is 0. The number of halogens is 5. The minimum atomic E-state index is -1.49. The van der Waals surface area contributed by atoms with Gasteiger partial charge in [0.05, 0.1) is 0 Å². The first-order chi connectivity index (χ1) is 10.4. The fourth-order valence-corrected chi connectivity index (χ4v) is 3.02. The van der Waals surface area contributed by atoms with Crippen molar-refractivity contribution >= 4 is 69.8 Å². The average molecular weight is 427 g/mol. The monoisotopic (exact) mass is 424 g/mol. The predicted octanol–water partition coefficient (Wildman–Crippen LogP) is 3.88. The Morgan fingerprint density at radius 1 is 0.957 bits per heavy atom. The van der Waals surface area contributed by atoms with Crippen molar-refractivity contribution in [3.8, 4) is 0 Å². The second-order valence-corrected chi connectivity index (χ2v) is 9.69. The molecule has 1 rings (SSSR count). The largest absolute Gasteiger partial charge is 0.332 e. The zero-order chi connectivity index (χ0) is 18.1. The molecule has 0 bridgehead atoms. The molecule has 1 aliphatic rings. The lowest BCUT2D eigenvalue weighted by Crippen LogP contribution is -2.63. The minimum Gasteiger partial charge on any atom is -0.332 e. The summed E-state index contributed by atoms with van der Waals surface area (Å²) in [4.78, 5) is 27.6. The molecule has 0 aromatic heterocycles. The fraction of sp³-hybridized carbons (Fsp3) is 0.857. The Labute approximate surface area is 162 Å². The van der Waals surface area contributed by atoms with Gasteiger partial charge in [-0.15, -0.1) is 23.2 Å². The van der Waals surface area contributed by atoms with Crippen LogP contribution < -0.4 is 0 Å². The van der Waals surface area contributed by atoms with Crippen LogP contribution in [0.2, 0.25) is 0 Å². The molecule has 4 nitrogen and oxygen atoms in total. The van der Waals surface area contributed by atoms with Crippen molar-refractivity contribution in [2.75, 3.05) is 14.1 Å². The standard InChI is InChI=1S/C14H21Cl5N2O2/c1-7(11(15)16)5-9-12(22)21(4)10(13(23)20(9)3)6-8(2)14(17,18)19/h7-11H,5-6H2,1-4H3/t7-,8-,9-,10-/m0/s1. The number of carbonyl (C=O) groups is 2.